The lowest BCUT2D eigenvalue weighted by Crippen LogP contribution is -2.03. The van der Waals surface area contributed by atoms with E-state index in [1.807, 2.05) is 13.1 Å². The summed E-state index contributed by atoms with van der Waals surface area (Å²) in [6.45, 7) is 2.48. The summed E-state index contributed by atoms with van der Waals surface area (Å²) >= 11 is 3.42. The minimum absolute atomic E-state index is 0.195. The molecule has 0 radical (unpaired) electrons. The van der Waals surface area contributed by atoms with Gasteiger partial charge in [-0.2, -0.15) is 4.80 Å². The minimum atomic E-state index is 0.195. The number of hydrogen-bond donors (Lipinski definition) is 0. The van der Waals surface area contributed by atoms with Crippen LogP contribution in [0.5, 0.6) is 0 Å². The average Bonchev–Trinajstić information content (AvgIpc) is 2.76. The first kappa shape index (κ1) is 10.2. The summed E-state index contributed by atoms with van der Waals surface area (Å²) in [4.78, 5) is 1.61. The first-order chi connectivity index (χ1) is 7.15. The van der Waals surface area contributed by atoms with Crippen LogP contribution in [0.25, 0.3) is 0 Å². The Balaban J connectivity index is 2.11. The predicted octanol–water partition coefficient (Wildman–Crippen LogP) is 0.306. The van der Waals surface area contributed by atoms with Gasteiger partial charge in [-0.25, -0.2) is 4.68 Å². The van der Waals surface area contributed by atoms with E-state index in [1.165, 1.54) is 4.80 Å². The van der Waals surface area contributed by atoms with Crippen LogP contribution in [-0.2, 0) is 13.6 Å². The van der Waals surface area contributed by atoms with E-state index >= 15 is 0 Å². The lowest BCUT2D eigenvalue weighted by atomic mass is 10.4. The smallest absolute Gasteiger partial charge is 0.196 e. The van der Waals surface area contributed by atoms with Gasteiger partial charge < -0.3 is 0 Å². The molecule has 80 valence electrons. The second kappa shape index (κ2) is 4.05. The summed E-state index contributed by atoms with van der Waals surface area (Å²) in [5, 5.41) is 19.6. The molecule has 0 amide bonds. The summed E-state index contributed by atoms with van der Waals surface area (Å²) in [7, 11) is 1.73. The van der Waals surface area contributed by atoms with Gasteiger partial charge in [0.05, 0.1) is 23.8 Å². The van der Waals surface area contributed by atoms with Gasteiger partial charge in [0.15, 0.2) is 5.82 Å². The van der Waals surface area contributed by atoms with Crippen molar-refractivity contribution in [1.29, 1.82) is 0 Å². The Labute approximate surface area is 94.6 Å². The lowest BCUT2D eigenvalue weighted by molar-refractivity contribution is 0.607. The first-order valence-corrected chi connectivity index (χ1v) is 5.33. The highest BCUT2D eigenvalue weighted by Gasteiger charge is 2.08. The fraction of sp³-hybridized carbons (Fsp3) is 0.571. The van der Waals surface area contributed by atoms with E-state index in [4.69, 9.17) is 0 Å². The van der Waals surface area contributed by atoms with E-state index in [9.17, 15) is 0 Å². The molecule has 2 rings (SSSR count). The molecule has 0 aliphatic carbocycles. The van der Waals surface area contributed by atoms with Gasteiger partial charge in [-0.3, -0.25) is 0 Å². The number of tetrazole rings is 1. The van der Waals surface area contributed by atoms with Gasteiger partial charge in [0, 0.05) is 0 Å². The predicted molar refractivity (Wildman–Crippen MR) is 55.3 cm³/mol. The van der Waals surface area contributed by atoms with E-state index in [-0.39, 0.29) is 4.83 Å². The number of nitrogens with zero attached hydrogens (tertiary/aromatic N) is 7. The summed E-state index contributed by atoms with van der Waals surface area (Å²) in [5.41, 5.74) is 0.888. The van der Waals surface area contributed by atoms with Crippen LogP contribution >= 0.6 is 15.9 Å². The summed E-state index contributed by atoms with van der Waals surface area (Å²) < 4.78 is 1.68. The highest BCUT2D eigenvalue weighted by atomic mass is 79.9. The van der Waals surface area contributed by atoms with Crippen LogP contribution in [0.4, 0.5) is 0 Å². The average molecular weight is 272 g/mol. The SMILES string of the molecule is CC(Br)c1cn(Cc2nnn(C)n2)nn1. The third-order valence-corrected chi connectivity index (χ3v) is 2.29. The monoisotopic (exact) mass is 271 g/mol. The van der Waals surface area contributed by atoms with Gasteiger partial charge >= 0.3 is 0 Å². The molecule has 15 heavy (non-hydrogen) atoms. The van der Waals surface area contributed by atoms with Crippen LogP contribution in [0.15, 0.2) is 6.20 Å². The molecule has 0 spiro atoms. The number of hydrogen-bond acceptors (Lipinski definition) is 5. The zero-order valence-corrected chi connectivity index (χ0v) is 9.96. The van der Waals surface area contributed by atoms with Crippen molar-refractivity contribution >= 4 is 15.9 Å². The molecule has 0 aromatic carbocycles. The molecule has 2 aromatic heterocycles. The lowest BCUT2D eigenvalue weighted by Gasteiger charge is -1.94. The van der Waals surface area contributed by atoms with E-state index in [0.717, 1.165) is 5.69 Å². The van der Waals surface area contributed by atoms with E-state index < -0.39 is 0 Å². The molecular weight excluding hydrogens is 262 g/mol. The van der Waals surface area contributed by atoms with Crippen molar-refractivity contribution in [3.05, 3.63) is 17.7 Å². The molecule has 0 saturated heterocycles. The molecule has 0 N–H and O–H groups in total. The Morgan fingerprint density at radius 1 is 1.40 bits per heavy atom. The topological polar surface area (TPSA) is 74.3 Å². The minimum Gasteiger partial charge on any atom is -0.244 e. The van der Waals surface area contributed by atoms with Crippen molar-refractivity contribution in [2.24, 2.45) is 7.05 Å². The maximum absolute atomic E-state index is 4.05. The molecule has 1 unspecified atom stereocenters. The number of aromatic nitrogens is 7. The van der Waals surface area contributed by atoms with Gasteiger partial charge in [-0.05, 0) is 12.1 Å². The largest absolute Gasteiger partial charge is 0.244 e. The zero-order chi connectivity index (χ0) is 10.8. The molecular formula is C7H10BrN7. The van der Waals surface area contributed by atoms with Crippen molar-refractivity contribution in [2.45, 2.75) is 18.3 Å². The van der Waals surface area contributed by atoms with Crippen molar-refractivity contribution < 1.29 is 0 Å². The molecule has 0 bridgehead atoms. The Hall–Kier alpha value is -1.31. The van der Waals surface area contributed by atoms with Crippen molar-refractivity contribution in [3.63, 3.8) is 0 Å². The Morgan fingerprint density at radius 3 is 2.73 bits per heavy atom. The van der Waals surface area contributed by atoms with Crippen LogP contribution in [0.3, 0.4) is 0 Å². The van der Waals surface area contributed by atoms with Crippen molar-refractivity contribution in [1.82, 2.24) is 35.2 Å². The van der Waals surface area contributed by atoms with Gasteiger partial charge in [0.25, 0.3) is 0 Å². The van der Waals surface area contributed by atoms with Crippen LogP contribution in [0.2, 0.25) is 0 Å². The molecule has 1 atom stereocenters. The first-order valence-electron chi connectivity index (χ1n) is 4.42. The third-order valence-electron chi connectivity index (χ3n) is 1.82. The maximum atomic E-state index is 4.05. The standard InChI is InChI=1S/C7H10BrN7/c1-5(8)6-3-15(13-9-6)4-7-10-12-14(2)11-7/h3,5H,4H2,1-2H3. The quantitative estimate of drug-likeness (QED) is 0.751. The Morgan fingerprint density at radius 2 is 2.20 bits per heavy atom. The third kappa shape index (κ3) is 2.38. The second-order valence-corrected chi connectivity index (χ2v) is 4.53. The van der Waals surface area contributed by atoms with Crippen LogP contribution < -0.4 is 0 Å². The second-order valence-electron chi connectivity index (χ2n) is 3.15. The van der Waals surface area contributed by atoms with Gasteiger partial charge in [0.2, 0.25) is 0 Å². The molecule has 8 heteroatoms. The Kier molecular flexibility index (Phi) is 2.76. The zero-order valence-electron chi connectivity index (χ0n) is 8.37. The van der Waals surface area contributed by atoms with Gasteiger partial charge in [-0.15, -0.1) is 15.3 Å². The van der Waals surface area contributed by atoms with Crippen LogP contribution in [0, 0.1) is 0 Å². The number of rotatable bonds is 3. The highest BCUT2D eigenvalue weighted by molar-refractivity contribution is 9.09. The van der Waals surface area contributed by atoms with Crippen molar-refractivity contribution in [3.8, 4) is 0 Å². The molecule has 7 nitrogen and oxygen atoms in total. The molecule has 2 aromatic rings. The molecule has 0 saturated carbocycles. The molecule has 0 aliphatic rings. The Bertz CT molecular complexity index is 446. The number of aryl methyl sites for hydroxylation is 1. The number of halogens is 1. The van der Waals surface area contributed by atoms with Crippen molar-refractivity contribution in [2.75, 3.05) is 0 Å². The maximum Gasteiger partial charge on any atom is 0.196 e. The van der Waals surface area contributed by atoms with Gasteiger partial charge in [-0.1, -0.05) is 21.1 Å². The highest BCUT2D eigenvalue weighted by Crippen LogP contribution is 2.17. The number of alkyl halides is 1. The summed E-state index contributed by atoms with van der Waals surface area (Å²) in [5.74, 6) is 0.621. The van der Waals surface area contributed by atoms with E-state index in [0.29, 0.717) is 12.4 Å². The summed E-state index contributed by atoms with van der Waals surface area (Å²) in [6.07, 6.45) is 1.86. The fourth-order valence-corrected chi connectivity index (χ4v) is 1.31. The van der Waals surface area contributed by atoms with Crippen LogP contribution in [-0.4, -0.2) is 35.2 Å². The van der Waals surface area contributed by atoms with E-state index in [1.54, 1.807) is 11.7 Å². The van der Waals surface area contributed by atoms with E-state index in [2.05, 4.69) is 41.7 Å². The van der Waals surface area contributed by atoms with Gasteiger partial charge in [0.1, 0.15) is 6.54 Å². The fourth-order valence-electron chi connectivity index (χ4n) is 1.10. The molecule has 0 fully saturated rings. The summed E-state index contributed by atoms with van der Waals surface area (Å²) in [6, 6.07) is 0. The molecule has 2 heterocycles. The molecule has 0 aliphatic heterocycles. The normalized spacial score (nSPS) is 13.0. The van der Waals surface area contributed by atoms with Crippen LogP contribution in [0.1, 0.15) is 23.3 Å².